The van der Waals surface area contributed by atoms with Gasteiger partial charge in [-0.25, -0.2) is 0 Å². The second-order valence-corrected chi connectivity index (χ2v) is 25.7. The second kappa shape index (κ2) is 35.5. The number of carbonyl (C=O) groups is 11. The van der Waals surface area contributed by atoms with Gasteiger partial charge in [-0.05, 0) is 101 Å². The van der Waals surface area contributed by atoms with Gasteiger partial charge in [0.2, 0.25) is 65.0 Å². The molecule has 0 aromatic rings. The van der Waals surface area contributed by atoms with Crippen molar-refractivity contribution in [2.24, 2.45) is 41.4 Å². The molecule has 23 nitrogen and oxygen atoms in total. The lowest BCUT2D eigenvalue weighted by atomic mass is 9.91. The standard InChI is InChI=1S/C62H111N11O12/c1-24-27-29-40(15)52(75)51-57(80)66-43(26-3)54(77)63-33-47(74)71(21)50(39(14)28-25-2)56(79)67-48(37(10)11)61(84)68(18)44(30-34(4)5)55(78)64-41(16)53(76)65-42(17)58(81)69(19)45(31-35(6)7)59(82)70(20)46(32-36(8)9)60(83)72(22)49(38(12)13)62(85)73(51)23/h24,27,34-46,48-52,75H,25-26,28-33H2,1-23H3,(H,63,77)(H,64,78)(H,65,76)(H,66,80)(H,67,79)/b27-24+/t39-,40+,41-,42+,43-,44-,45-,46-,48-,49-,50-,51-,52+/m0/s1. The lowest BCUT2D eigenvalue weighted by Gasteiger charge is -2.41. The van der Waals surface area contributed by atoms with E-state index in [1.54, 1.807) is 67.5 Å². The molecule has 13 atom stereocenters. The molecule has 85 heavy (non-hydrogen) atoms. The van der Waals surface area contributed by atoms with Gasteiger partial charge in [-0.15, -0.1) is 0 Å². The van der Waals surface area contributed by atoms with Crippen LogP contribution in [-0.4, -0.2) is 215 Å². The number of nitrogens with one attached hydrogen (secondary N) is 5. The Hall–Kier alpha value is -6.13. The summed E-state index contributed by atoms with van der Waals surface area (Å²) in [5.41, 5.74) is 0. The van der Waals surface area contributed by atoms with Gasteiger partial charge in [-0.2, -0.15) is 0 Å². The van der Waals surface area contributed by atoms with E-state index in [0.717, 1.165) is 4.90 Å². The number of aliphatic hydroxyl groups is 1. The molecular weight excluding hydrogens is 1090 g/mol. The summed E-state index contributed by atoms with van der Waals surface area (Å²) in [6.45, 7) is 29.2. The van der Waals surface area contributed by atoms with Gasteiger partial charge in [0.1, 0.15) is 60.4 Å². The highest BCUT2D eigenvalue weighted by Gasteiger charge is 2.45. The number of aliphatic hydroxyl groups excluding tert-OH is 1. The molecule has 0 spiro atoms. The molecule has 6 N–H and O–H groups in total. The van der Waals surface area contributed by atoms with Crippen molar-refractivity contribution in [3.8, 4) is 0 Å². The first-order valence-corrected chi connectivity index (χ1v) is 30.7. The molecule has 1 heterocycles. The van der Waals surface area contributed by atoms with Gasteiger partial charge in [0.25, 0.3) is 0 Å². The van der Waals surface area contributed by atoms with Gasteiger partial charge in [-0.3, -0.25) is 52.7 Å². The van der Waals surface area contributed by atoms with Crippen LogP contribution in [0.3, 0.4) is 0 Å². The van der Waals surface area contributed by atoms with E-state index in [0.29, 0.717) is 19.3 Å². The number of rotatable bonds is 16. The molecule has 0 aromatic carbocycles. The maximum Gasteiger partial charge on any atom is 0.246 e. The van der Waals surface area contributed by atoms with Crippen molar-refractivity contribution < 1.29 is 57.8 Å². The maximum atomic E-state index is 15.1. The van der Waals surface area contributed by atoms with Crippen LogP contribution in [0.5, 0.6) is 0 Å². The van der Waals surface area contributed by atoms with Crippen LogP contribution in [0.4, 0.5) is 0 Å². The lowest BCUT2D eigenvalue weighted by Crippen LogP contribution is -2.63. The van der Waals surface area contributed by atoms with E-state index < -0.39 is 162 Å². The third-order valence-corrected chi connectivity index (χ3v) is 16.3. The lowest BCUT2D eigenvalue weighted by molar-refractivity contribution is -0.157. The topological polar surface area (TPSA) is 288 Å². The van der Waals surface area contributed by atoms with Gasteiger partial charge in [0.15, 0.2) is 0 Å². The molecule has 0 aromatic heterocycles. The number of hydrogen-bond acceptors (Lipinski definition) is 12. The molecule has 1 fully saturated rings. The van der Waals surface area contributed by atoms with Crippen molar-refractivity contribution in [1.29, 1.82) is 0 Å². The third-order valence-electron chi connectivity index (χ3n) is 16.3. The Balaban J connectivity index is 4.30. The summed E-state index contributed by atoms with van der Waals surface area (Å²) in [5.74, 6) is -10.1. The Labute approximate surface area is 508 Å². The van der Waals surface area contributed by atoms with Gasteiger partial charge in [-0.1, -0.05) is 116 Å². The number of amides is 11. The fourth-order valence-corrected chi connectivity index (χ4v) is 11.0. The predicted octanol–water partition coefficient (Wildman–Crippen LogP) is 3.32. The third kappa shape index (κ3) is 21.7. The van der Waals surface area contributed by atoms with E-state index in [9.17, 15) is 48.3 Å². The number of hydrogen-bond donors (Lipinski definition) is 6. The van der Waals surface area contributed by atoms with Crippen molar-refractivity contribution in [2.75, 3.05) is 48.8 Å². The first-order chi connectivity index (χ1) is 39.4. The molecule has 0 radical (unpaired) electrons. The molecule has 486 valence electrons. The summed E-state index contributed by atoms with van der Waals surface area (Å²) >= 11 is 0. The van der Waals surface area contributed by atoms with Crippen LogP contribution < -0.4 is 26.6 Å². The van der Waals surface area contributed by atoms with Crippen LogP contribution in [-0.2, 0) is 52.7 Å². The molecule has 1 rings (SSSR count). The summed E-state index contributed by atoms with van der Waals surface area (Å²) in [6.07, 6.45) is 4.00. The summed E-state index contributed by atoms with van der Waals surface area (Å²) in [5, 5.41) is 25.6. The van der Waals surface area contributed by atoms with E-state index in [2.05, 4.69) is 26.6 Å². The van der Waals surface area contributed by atoms with Gasteiger partial charge in [0.05, 0.1) is 12.6 Å². The first kappa shape index (κ1) is 76.9. The van der Waals surface area contributed by atoms with Gasteiger partial charge in [0, 0.05) is 42.3 Å². The van der Waals surface area contributed by atoms with E-state index in [1.165, 1.54) is 80.6 Å². The molecule has 1 aliphatic rings. The maximum absolute atomic E-state index is 15.1. The predicted molar refractivity (Wildman–Crippen MR) is 328 cm³/mol. The van der Waals surface area contributed by atoms with Gasteiger partial charge >= 0.3 is 0 Å². The zero-order chi connectivity index (χ0) is 65.8. The van der Waals surface area contributed by atoms with E-state index in [-0.39, 0.29) is 43.4 Å². The van der Waals surface area contributed by atoms with E-state index in [4.69, 9.17) is 0 Å². The number of nitrogens with zero attached hydrogens (tertiary/aromatic N) is 6. The Kier molecular flexibility index (Phi) is 32.1. The average Bonchev–Trinajstić information content (AvgIpc) is 3.00. The molecule has 0 saturated carbocycles. The summed E-state index contributed by atoms with van der Waals surface area (Å²) in [6, 6.07) is -12.4. The Morgan fingerprint density at radius 3 is 1.42 bits per heavy atom. The zero-order valence-electron chi connectivity index (χ0n) is 55.8. The summed E-state index contributed by atoms with van der Waals surface area (Å²) < 4.78 is 0. The van der Waals surface area contributed by atoms with Crippen molar-refractivity contribution >= 4 is 65.0 Å². The monoisotopic (exact) mass is 1200 g/mol. The van der Waals surface area contributed by atoms with Crippen molar-refractivity contribution in [2.45, 2.75) is 229 Å². The van der Waals surface area contributed by atoms with Crippen LogP contribution in [0, 0.1) is 41.4 Å². The average molecular weight is 1200 g/mol. The minimum Gasteiger partial charge on any atom is -0.390 e. The highest BCUT2D eigenvalue weighted by molar-refractivity contribution is 5.99. The molecule has 1 aliphatic heterocycles. The minimum atomic E-state index is -1.61. The number of likely N-dealkylation sites (N-methyl/N-ethyl adjacent to an activating group) is 6. The SMILES string of the molecule is C/C=C/C[C@@H](C)[C@@H](O)[C@H]1C(=O)N[C@@H](CC)C(=O)NCC(=O)N(C)[C@@H]([C@@H](C)CCC)C(=O)N[C@@H](C(C)C)C(=O)N(C)[C@@H](CC(C)C)C(=O)N[C@@H](C)C(=O)N[C@H](C)C(=O)N(C)[C@@H](CC(C)C)C(=O)N(C)[C@@H](CC(C)C)C(=O)N(C)[C@@H](C(C)C)C(=O)N1C. The molecule has 23 heteroatoms. The Bertz CT molecular complexity index is 2310. The largest absolute Gasteiger partial charge is 0.390 e. The van der Waals surface area contributed by atoms with Crippen LogP contribution >= 0.6 is 0 Å². The van der Waals surface area contributed by atoms with Crippen molar-refractivity contribution in [3.63, 3.8) is 0 Å². The fraction of sp³-hybridized carbons (Fsp3) is 0.790. The van der Waals surface area contributed by atoms with Crippen LogP contribution in [0.2, 0.25) is 0 Å². The quantitative estimate of drug-likeness (QED) is 0.121. The van der Waals surface area contributed by atoms with Crippen LogP contribution in [0.15, 0.2) is 12.2 Å². The van der Waals surface area contributed by atoms with Crippen molar-refractivity contribution in [1.82, 2.24) is 56.0 Å². The fourth-order valence-electron chi connectivity index (χ4n) is 11.0. The molecular formula is C62H111N11O12. The highest BCUT2D eigenvalue weighted by Crippen LogP contribution is 2.26. The van der Waals surface area contributed by atoms with Crippen LogP contribution in [0.1, 0.15) is 163 Å². The van der Waals surface area contributed by atoms with Crippen LogP contribution in [0.25, 0.3) is 0 Å². The number of carbonyl (C=O) groups excluding carboxylic acids is 11. The number of allylic oxidation sites excluding steroid dienone is 2. The van der Waals surface area contributed by atoms with Gasteiger partial charge < -0.3 is 61.1 Å². The summed E-state index contributed by atoms with van der Waals surface area (Å²) in [4.78, 5) is 167. The summed E-state index contributed by atoms with van der Waals surface area (Å²) in [7, 11) is 8.53. The second-order valence-electron chi connectivity index (χ2n) is 25.7. The molecule has 11 amide bonds. The Morgan fingerprint density at radius 1 is 0.494 bits per heavy atom. The van der Waals surface area contributed by atoms with Crippen molar-refractivity contribution in [3.05, 3.63) is 12.2 Å². The minimum absolute atomic E-state index is 0.0118. The molecule has 1 saturated heterocycles. The molecule has 0 aliphatic carbocycles. The molecule has 0 unspecified atom stereocenters. The normalized spacial score (nSPS) is 27.1. The van der Waals surface area contributed by atoms with E-state index >= 15 is 9.59 Å². The molecule has 0 bridgehead atoms. The Morgan fingerprint density at radius 2 is 0.953 bits per heavy atom. The smallest absolute Gasteiger partial charge is 0.246 e. The first-order valence-electron chi connectivity index (χ1n) is 30.7. The zero-order valence-corrected chi connectivity index (χ0v) is 55.8. The van der Waals surface area contributed by atoms with E-state index in [1.807, 2.05) is 48.5 Å². The highest BCUT2D eigenvalue weighted by atomic mass is 16.3.